The largest absolute Gasteiger partial charge is 0.460 e. The first-order valence-corrected chi connectivity index (χ1v) is 9.94. The predicted octanol–water partition coefficient (Wildman–Crippen LogP) is 2.81. The molecule has 0 unspecified atom stereocenters. The van der Waals surface area contributed by atoms with Crippen LogP contribution in [0.25, 0.3) is 0 Å². The number of amides is 2. The van der Waals surface area contributed by atoms with Gasteiger partial charge in [0.15, 0.2) is 0 Å². The fourth-order valence-corrected chi connectivity index (χ4v) is 3.61. The van der Waals surface area contributed by atoms with E-state index in [1.54, 1.807) is 19.9 Å². The molecule has 1 aliphatic heterocycles. The van der Waals surface area contributed by atoms with Crippen LogP contribution in [0.15, 0.2) is 24.3 Å². The third-order valence-corrected chi connectivity index (χ3v) is 5.12. The van der Waals surface area contributed by atoms with Crippen molar-refractivity contribution in [1.82, 2.24) is 9.88 Å². The van der Waals surface area contributed by atoms with Crippen molar-refractivity contribution in [2.75, 3.05) is 32.2 Å². The highest BCUT2D eigenvalue weighted by Crippen LogP contribution is 2.21. The summed E-state index contributed by atoms with van der Waals surface area (Å²) in [6.45, 7) is 5.18. The van der Waals surface area contributed by atoms with Crippen molar-refractivity contribution < 1.29 is 23.9 Å². The predicted molar refractivity (Wildman–Crippen MR) is 111 cm³/mol. The molecule has 3 rings (SSSR count). The Morgan fingerprint density at radius 1 is 1.23 bits per heavy atom. The van der Waals surface area contributed by atoms with E-state index in [4.69, 9.17) is 9.47 Å². The maximum Gasteiger partial charge on any atom is 0.340 e. The van der Waals surface area contributed by atoms with Crippen LogP contribution in [0, 0.1) is 13.8 Å². The van der Waals surface area contributed by atoms with Crippen molar-refractivity contribution >= 4 is 23.5 Å². The molecule has 0 aliphatic carbocycles. The number of nitrogens with zero attached hydrogens (tertiary/aromatic N) is 1. The average molecular weight is 413 g/mol. The number of aromatic nitrogens is 1. The van der Waals surface area contributed by atoms with Gasteiger partial charge >= 0.3 is 5.97 Å². The maximum absolute atomic E-state index is 12.8. The number of ether oxygens (including phenoxy) is 2. The zero-order valence-electron chi connectivity index (χ0n) is 17.5. The van der Waals surface area contributed by atoms with E-state index in [0.717, 1.165) is 18.5 Å². The highest BCUT2D eigenvalue weighted by Gasteiger charge is 2.23. The highest BCUT2D eigenvalue weighted by molar-refractivity contribution is 6.06. The summed E-state index contributed by atoms with van der Waals surface area (Å²) in [6, 6.07) is 7.42. The van der Waals surface area contributed by atoms with Crippen LogP contribution in [0.2, 0.25) is 0 Å². The van der Waals surface area contributed by atoms with Crippen molar-refractivity contribution in [2.45, 2.75) is 33.2 Å². The quantitative estimate of drug-likeness (QED) is 0.512. The number of rotatable bonds is 8. The van der Waals surface area contributed by atoms with Crippen LogP contribution >= 0.6 is 0 Å². The van der Waals surface area contributed by atoms with Crippen molar-refractivity contribution in [3.8, 4) is 0 Å². The summed E-state index contributed by atoms with van der Waals surface area (Å²) < 4.78 is 10.1. The van der Waals surface area contributed by atoms with Crippen molar-refractivity contribution in [1.29, 1.82) is 0 Å². The van der Waals surface area contributed by atoms with E-state index in [1.807, 2.05) is 23.1 Å². The molecule has 8 heteroatoms. The summed E-state index contributed by atoms with van der Waals surface area (Å²) in [6.07, 6.45) is 1.48. The molecule has 0 bridgehead atoms. The molecule has 2 N–H and O–H groups in total. The molecule has 30 heavy (non-hydrogen) atoms. The first kappa shape index (κ1) is 21.6. The number of esters is 1. The second-order valence-electron chi connectivity index (χ2n) is 7.33. The second-order valence-corrected chi connectivity index (χ2v) is 7.33. The number of H-pyrrole nitrogens is 1. The second kappa shape index (κ2) is 9.58. The molecule has 1 aromatic heterocycles. The van der Waals surface area contributed by atoms with Gasteiger partial charge in [0, 0.05) is 38.0 Å². The van der Waals surface area contributed by atoms with Crippen LogP contribution in [-0.2, 0) is 20.8 Å². The maximum atomic E-state index is 12.8. The van der Waals surface area contributed by atoms with E-state index in [1.165, 1.54) is 7.11 Å². The van der Waals surface area contributed by atoms with E-state index in [0.29, 0.717) is 47.8 Å². The standard InChI is InChI=1S/C22H27N3O5/c1-14-19(22(28)30-11-10-29-3)15(2)23-20(14)21(27)24-17-7-4-6-16(12-17)13-25-9-5-8-18(25)26/h4,6-7,12,23H,5,8-11,13H2,1-3H3,(H,24,27). The summed E-state index contributed by atoms with van der Waals surface area (Å²) in [7, 11) is 1.53. The number of nitrogens with one attached hydrogen (secondary N) is 2. The first-order valence-electron chi connectivity index (χ1n) is 9.94. The van der Waals surface area contributed by atoms with Crippen LogP contribution in [0.4, 0.5) is 5.69 Å². The minimum atomic E-state index is -0.491. The van der Waals surface area contributed by atoms with Crippen molar-refractivity contribution in [3.63, 3.8) is 0 Å². The number of methoxy groups -OCH3 is 1. The molecule has 2 amide bonds. The summed E-state index contributed by atoms with van der Waals surface area (Å²) in [5.41, 5.74) is 3.35. The molecule has 0 spiro atoms. The minimum Gasteiger partial charge on any atom is -0.460 e. The van der Waals surface area contributed by atoms with Gasteiger partial charge in [0.2, 0.25) is 5.91 Å². The van der Waals surface area contributed by atoms with Gasteiger partial charge in [0.1, 0.15) is 12.3 Å². The van der Waals surface area contributed by atoms with Gasteiger partial charge in [-0.25, -0.2) is 4.79 Å². The minimum absolute atomic E-state index is 0.146. The van der Waals surface area contributed by atoms with E-state index in [-0.39, 0.29) is 18.4 Å². The summed E-state index contributed by atoms with van der Waals surface area (Å²) in [5.74, 6) is -0.678. The van der Waals surface area contributed by atoms with Gasteiger partial charge < -0.3 is 24.7 Å². The lowest BCUT2D eigenvalue weighted by Crippen LogP contribution is -2.23. The molecule has 8 nitrogen and oxygen atoms in total. The van der Waals surface area contributed by atoms with Gasteiger partial charge in [-0.1, -0.05) is 12.1 Å². The molecule has 2 heterocycles. The number of benzene rings is 1. The summed E-state index contributed by atoms with van der Waals surface area (Å²) in [5, 5.41) is 2.86. The molecule has 1 saturated heterocycles. The Bertz CT molecular complexity index is 950. The number of carbonyl (C=O) groups is 3. The van der Waals surface area contributed by atoms with Gasteiger partial charge in [-0.2, -0.15) is 0 Å². The van der Waals surface area contributed by atoms with Gasteiger partial charge in [0.05, 0.1) is 12.2 Å². The summed E-state index contributed by atoms with van der Waals surface area (Å²) >= 11 is 0. The molecule has 0 saturated carbocycles. The zero-order chi connectivity index (χ0) is 21.7. The Balaban J connectivity index is 1.70. The van der Waals surface area contributed by atoms with Crippen LogP contribution in [0.5, 0.6) is 0 Å². The fourth-order valence-electron chi connectivity index (χ4n) is 3.61. The van der Waals surface area contributed by atoms with Crippen LogP contribution in [0.1, 0.15) is 50.5 Å². The number of likely N-dealkylation sites (tertiary alicyclic amines) is 1. The first-order chi connectivity index (χ1) is 14.4. The van der Waals surface area contributed by atoms with Crippen molar-refractivity contribution in [2.24, 2.45) is 0 Å². The molecule has 1 fully saturated rings. The Kier molecular flexibility index (Phi) is 6.89. The number of hydrogen-bond acceptors (Lipinski definition) is 5. The van der Waals surface area contributed by atoms with Crippen LogP contribution in [-0.4, -0.2) is 54.5 Å². The highest BCUT2D eigenvalue weighted by atomic mass is 16.6. The van der Waals surface area contributed by atoms with Gasteiger partial charge in [-0.05, 0) is 43.5 Å². The Morgan fingerprint density at radius 2 is 2.03 bits per heavy atom. The molecule has 1 aromatic carbocycles. The molecule has 1 aliphatic rings. The molecule has 2 aromatic rings. The normalized spacial score (nSPS) is 13.6. The Labute approximate surface area is 175 Å². The van der Waals surface area contributed by atoms with E-state index < -0.39 is 5.97 Å². The molecular weight excluding hydrogens is 386 g/mol. The van der Waals surface area contributed by atoms with Crippen molar-refractivity contribution in [3.05, 3.63) is 52.3 Å². The Hall–Kier alpha value is -3.13. The van der Waals surface area contributed by atoms with Crippen LogP contribution < -0.4 is 5.32 Å². The number of hydrogen-bond donors (Lipinski definition) is 2. The number of aryl methyl sites for hydroxylation is 1. The molecule has 160 valence electrons. The number of anilines is 1. The third kappa shape index (κ3) is 4.88. The Morgan fingerprint density at radius 3 is 2.73 bits per heavy atom. The van der Waals surface area contributed by atoms with Crippen LogP contribution in [0.3, 0.4) is 0 Å². The molecule has 0 radical (unpaired) electrons. The molecule has 0 atom stereocenters. The summed E-state index contributed by atoms with van der Waals surface area (Å²) in [4.78, 5) is 41.8. The fraction of sp³-hybridized carbons (Fsp3) is 0.409. The SMILES string of the molecule is COCCOC(=O)c1c(C)[nH]c(C(=O)Nc2cccc(CN3CCCC3=O)c2)c1C. The van der Waals surface area contributed by atoms with Gasteiger partial charge in [0.25, 0.3) is 5.91 Å². The smallest absolute Gasteiger partial charge is 0.340 e. The van der Waals surface area contributed by atoms with E-state index in [9.17, 15) is 14.4 Å². The lowest BCUT2D eigenvalue weighted by atomic mass is 10.1. The lowest BCUT2D eigenvalue weighted by Gasteiger charge is -2.16. The molecular formula is C22H27N3O5. The zero-order valence-corrected chi connectivity index (χ0v) is 17.5. The topological polar surface area (TPSA) is 101 Å². The van der Waals surface area contributed by atoms with E-state index in [2.05, 4.69) is 10.3 Å². The third-order valence-electron chi connectivity index (χ3n) is 5.12. The van der Waals surface area contributed by atoms with Gasteiger partial charge in [-0.3, -0.25) is 9.59 Å². The lowest BCUT2D eigenvalue weighted by molar-refractivity contribution is -0.128. The monoisotopic (exact) mass is 413 g/mol. The average Bonchev–Trinajstić information content (AvgIpc) is 3.24. The van der Waals surface area contributed by atoms with E-state index >= 15 is 0 Å². The number of aromatic amines is 1. The van der Waals surface area contributed by atoms with Gasteiger partial charge in [-0.15, -0.1) is 0 Å². The number of carbonyl (C=O) groups excluding carboxylic acids is 3.